The Labute approximate surface area is 183 Å². The van der Waals surface area contributed by atoms with Gasteiger partial charge in [-0.1, -0.05) is 18.2 Å². The number of hydrogen-bond donors (Lipinski definition) is 2. The third-order valence-corrected chi connectivity index (χ3v) is 5.96. The number of nitrogens with one attached hydrogen (secondary N) is 2. The molecule has 2 aromatic heterocycles. The van der Waals surface area contributed by atoms with Crippen molar-refractivity contribution < 1.29 is 9.53 Å². The lowest BCUT2D eigenvalue weighted by Gasteiger charge is -2.10. The number of hydrogen-bond acceptors (Lipinski definition) is 4. The third-order valence-electron chi connectivity index (χ3n) is 5.05. The second-order valence-electron chi connectivity index (χ2n) is 7.03. The maximum atomic E-state index is 12.8. The Morgan fingerprint density at radius 1 is 1.00 bits per heavy atom. The minimum atomic E-state index is -0.169. The summed E-state index contributed by atoms with van der Waals surface area (Å²) in [6.07, 6.45) is 0. The number of anilines is 1. The molecule has 0 fully saturated rings. The SMILES string of the molecule is COc1ccc(C(=O)Nc2ccc(-c3nc4ccccc4[nH]3)cc2)cc1-c1cccs1. The van der Waals surface area contributed by atoms with Crippen LogP contribution in [0.25, 0.3) is 32.9 Å². The summed E-state index contributed by atoms with van der Waals surface area (Å²) < 4.78 is 5.47. The number of thiophene rings is 1. The molecule has 0 aliphatic rings. The van der Waals surface area contributed by atoms with E-state index < -0.39 is 0 Å². The van der Waals surface area contributed by atoms with Crippen molar-refractivity contribution in [3.05, 3.63) is 89.8 Å². The second kappa shape index (κ2) is 8.08. The number of methoxy groups -OCH3 is 1. The fraction of sp³-hybridized carbons (Fsp3) is 0.0400. The van der Waals surface area contributed by atoms with E-state index in [9.17, 15) is 4.79 Å². The summed E-state index contributed by atoms with van der Waals surface area (Å²) in [6.45, 7) is 0. The summed E-state index contributed by atoms with van der Waals surface area (Å²) in [5.74, 6) is 1.38. The number of H-pyrrole nitrogens is 1. The molecule has 1 amide bonds. The van der Waals surface area contributed by atoms with Gasteiger partial charge in [0.05, 0.1) is 18.1 Å². The van der Waals surface area contributed by atoms with Gasteiger partial charge in [-0.2, -0.15) is 0 Å². The highest BCUT2D eigenvalue weighted by Gasteiger charge is 2.13. The molecular formula is C25H19N3O2S. The fourth-order valence-electron chi connectivity index (χ4n) is 3.48. The molecule has 0 aliphatic carbocycles. The van der Waals surface area contributed by atoms with Crippen molar-refractivity contribution in [2.75, 3.05) is 12.4 Å². The van der Waals surface area contributed by atoms with Crippen molar-refractivity contribution in [3.8, 4) is 27.6 Å². The van der Waals surface area contributed by atoms with Crippen LogP contribution in [0.15, 0.2) is 84.2 Å². The van der Waals surface area contributed by atoms with E-state index in [2.05, 4.69) is 15.3 Å². The van der Waals surface area contributed by atoms with Crippen LogP contribution in [0.4, 0.5) is 5.69 Å². The second-order valence-corrected chi connectivity index (χ2v) is 7.97. The summed E-state index contributed by atoms with van der Waals surface area (Å²) in [5, 5.41) is 4.97. The molecular weight excluding hydrogens is 406 g/mol. The molecule has 6 heteroatoms. The molecule has 152 valence electrons. The molecule has 0 radical (unpaired) electrons. The summed E-state index contributed by atoms with van der Waals surface area (Å²) in [7, 11) is 1.63. The van der Waals surface area contributed by atoms with Crippen molar-refractivity contribution in [3.63, 3.8) is 0 Å². The molecule has 0 unspecified atom stereocenters. The molecule has 0 saturated carbocycles. The number of rotatable bonds is 5. The fourth-order valence-corrected chi connectivity index (χ4v) is 4.23. The first-order valence-electron chi connectivity index (χ1n) is 9.80. The Balaban J connectivity index is 1.36. The highest BCUT2D eigenvalue weighted by atomic mass is 32.1. The number of para-hydroxylation sites is 2. The highest BCUT2D eigenvalue weighted by molar-refractivity contribution is 7.13. The lowest BCUT2D eigenvalue weighted by atomic mass is 10.1. The van der Waals surface area contributed by atoms with Crippen LogP contribution in [0.3, 0.4) is 0 Å². The topological polar surface area (TPSA) is 67.0 Å². The van der Waals surface area contributed by atoms with E-state index in [-0.39, 0.29) is 5.91 Å². The molecule has 31 heavy (non-hydrogen) atoms. The number of amides is 1. The first-order valence-corrected chi connectivity index (χ1v) is 10.7. The Hall–Kier alpha value is -3.90. The lowest BCUT2D eigenvalue weighted by molar-refractivity contribution is 0.102. The number of ether oxygens (including phenoxy) is 1. The number of imidazole rings is 1. The van der Waals surface area contributed by atoms with Crippen LogP contribution in [0.5, 0.6) is 5.75 Å². The van der Waals surface area contributed by atoms with E-state index in [1.807, 2.05) is 78.2 Å². The van der Waals surface area contributed by atoms with Crippen LogP contribution in [-0.2, 0) is 0 Å². The zero-order valence-corrected chi connectivity index (χ0v) is 17.6. The number of fused-ring (bicyclic) bond motifs is 1. The van der Waals surface area contributed by atoms with E-state index in [0.717, 1.165) is 44.3 Å². The summed E-state index contributed by atoms with van der Waals surface area (Å²) in [5.41, 5.74) is 5.08. The summed E-state index contributed by atoms with van der Waals surface area (Å²) >= 11 is 1.61. The minimum absolute atomic E-state index is 0.169. The van der Waals surface area contributed by atoms with Crippen LogP contribution >= 0.6 is 11.3 Å². The third kappa shape index (κ3) is 3.81. The van der Waals surface area contributed by atoms with Gasteiger partial charge in [0.25, 0.3) is 5.91 Å². The van der Waals surface area contributed by atoms with Crippen molar-refractivity contribution in [2.24, 2.45) is 0 Å². The van der Waals surface area contributed by atoms with Crippen LogP contribution in [0, 0.1) is 0 Å². The average Bonchev–Trinajstić information content (AvgIpc) is 3.49. The standard InChI is InChI=1S/C25H19N3O2S/c1-30-22-13-10-17(15-19(22)23-7-4-14-31-23)25(29)26-18-11-8-16(9-12-18)24-27-20-5-2-3-6-21(20)28-24/h2-15H,1H3,(H,26,29)(H,27,28). The van der Waals surface area contributed by atoms with Gasteiger partial charge in [0, 0.05) is 27.3 Å². The molecule has 2 heterocycles. The molecule has 5 nitrogen and oxygen atoms in total. The van der Waals surface area contributed by atoms with Gasteiger partial charge < -0.3 is 15.0 Å². The number of carbonyl (C=O) groups is 1. The van der Waals surface area contributed by atoms with Gasteiger partial charge >= 0.3 is 0 Å². The molecule has 3 aromatic carbocycles. The smallest absolute Gasteiger partial charge is 0.255 e. The number of carbonyl (C=O) groups excluding carboxylic acids is 1. The predicted molar refractivity (Wildman–Crippen MR) is 126 cm³/mol. The largest absolute Gasteiger partial charge is 0.496 e. The van der Waals surface area contributed by atoms with Gasteiger partial charge in [-0.05, 0) is 66.0 Å². The van der Waals surface area contributed by atoms with Crippen molar-refractivity contribution in [1.29, 1.82) is 0 Å². The van der Waals surface area contributed by atoms with Crippen LogP contribution in [0.1, 0.15) is 10.4 Å². The van der Waals surface area contributed by atoms with E-state index in [4.69, 9.17) is 4.74 Å². The Morgan fingerprint density at radius 2 is 1.84 bits per heavy atom. The molecule has 0 atom stereocenters. The first kappa shape index (κ1) is 19.1. The van der Waals surface area contributed by atoms with E-state index in [1.165, 1.54) is 0 Å². The van der Waals surface area contributed by atoms with Crippen LogP contribution in [-0.4, -0.2) is 23.0 Å². The first-order chi connectivity index (χ1) is 15.2. The molecule has 0 bridgehead atoms. The monoisotopic (exact) mass is 425 g/mol. The maximum Gasteiger partial charge on any atom is 0.255 e. The molecule has 0 saturated heterocycles. The number of aromatic nitrogens is 2. The molecule has 5 aromatic rings. The molecule has 0 aliphatic heterocycles. The van der Waals surface area contributed by atoms with Crippen molar-refractivity contribution in [1.82, 2.24) is 9.97 Å². The number of aromatic amines is 1. The van der Waals surface area contributed by atoms with Gasteiger partial charge in [-0.25, -0.2) is 4.98 Å². The minimum Gasteiger partial charge on any atom is -0.496 e. The molecule has 5 rings (SSSR count). The highest BCUT2D eigenvalue weighted by Crippen LogP contribution is 2.34. The average molecular weight is 426 g/mol. The molecule has 2 N–H and O–H groups in total. The van der Waals surface area contributed by atoms with E-state index >= 15 is 0 Å². The number of benzene rings is 3. The number of nitrogens with zero attached hydrogens (tertiary/aromatic N) is 1. The quantitative estimate of drug-likeness (QED) is 0.351. The normalized spacial score (nSPS) is 10.9. The van der Waals surface area contributed by atoms with E-state index in [0.29, 0.717) is 5.56 Å². The van der Waals surface area contributed by atoms with Crippen molar-refractivity contribution >= 4 is 34.0 Å². The van der Waals surface area contributed by atoms with Gasteiger partial charge in [0.15, 0.2) is 0 Å². The van der Waals surface area contributed by atoms with Gasteiger partial charge in [0.1, 0.15) is 11.6 Å². The van der Waals surface area contributed by atoms with Crippen LogP contribution in [0.2, 0.25) is 0 Å². The molecule has 0 spiro atoms. The Bertz CT molecular complexity index is 1320. The predicted octanol–water partition coefficient (Wildman–Crippen LogP) is 6.22. The zero-order chi connectivity index (χ0) is 21.2. The lowest BCUT2D eigenvalue weighted by Crippen LogP contribution is -2.12. The Kier molecular flexibility index (Phi) is 4.98. The van der Waals surface area contributed by atoms with Crippen LogP contribution < -0.4 is 10.1 Å². The van der Waals surface area contributed by atoms with E-state index in [1.54, 1.807) is 24.5 Å². The van der Waals surface area contributed by atoms with Gasteiger partial charge in [-0.15, -0.1) is 11.3 Å². The van der Waals surface area contributed by atoms with Gasteiger partial charge in [-0.3, -0.25) is 4.79 Å². The maximum absolute atomic E-state index is 12.8. The van der Waals surface area contributed by atoms with Gasteiger partial charge in [0.2, 0.25) is 0 Å². The van der Waals surface area contributed by atoms with Crippen molar-refractivity contribution in [2.45, 2.75) is 0 Å². The summed E-state index contributed by atoms with van der Waals surface area (Å²) in [6, 6.07) is 25.0. The zero-order valence-electron chi connectivity index (χ0n) is 16.8. The summed E-state index contributed by atoms with van der Waals surface area (Å²) in [4.78, 5) is 21.8. The Morgan fingerprint density at radius 3 is 2.58 bits per heavy atom.